The lowest BCUT2D eigenvalue weighted by Crippen LogP contribution is -2.41. The third kappa shape index (κ3) is 2.50. The van der Waals surface area contributed by atoms with E-state index in [4.69, 9.17) is 4.74 Å². The number of aromatic nitrogens is 2. The first-order valence-electron chi connectivity index (χ1n) is 5.83. The quantitative estimate of drug-likeness (QED) is 0.872. The molecule has 0 spiro atoms. The van der Waals surface area contributed by atoms with Gasteiger partial charge in [-0.1, -0.05) is 23.5 Å². The summed E-state index contributed by atoms with van der Waals surface area (Å²) in [6, 6.07) is 7.53. The first kappa shape index (κ1) is 11.9. The Labute approximate surface area is 113 Å². The number of aryl methyl sites for hydroxylation is 1. The molecule has 0 fully saturated rings. The minimum Gasteiger partial charge on any atom is -0.477 e. The van der Waals surface area contributed by atoms with Crippen LogP contribution in [-0.4, -0.2) is 28.8 Å². The van der Waals surface area contributed by atoms with Gasteiger partial charge in [-0.2, -0.15) is 0 Å². The zero-order chi connectivity index (χ0) is 13.2. The van der Waals surface area contributed by atoms with Crippen LogP contribution >= 0.6 is 11.3 Å². The molecule has 6 nitrogen and oxygen atoms in total. The van der Waals surface area contributed by atoms with Gasteiger partial charge in [-0.05, 0) is 19.1 Å². The first-order valence-corrected chi connectivity index (χ1v) is 6.64. The summed E-state index contributed by atoms with van der Waals surface area (Å²) in [5.41, 5.74) is 0.901. The highest BCUT2D eigenvalue weighted by molar-refractivity contribution is 7.15. The van der Waals surface area contributed by atoms with Crippen LogP contribution in [0.3, 0.4) is 0 Å². The lowest BCUT2D eigenvalue weighted by atomic mass is 10.2. The highest BCUT2D eigenvalue weighted by Gasteiger charge is 2.26. The van der Waals surface area contributed by atoms with Gasteiger partial charge >= 0.3 is 0 Å². The highest BCUT2D eigenvalue weighted by Crippen LogP contribution is 2.28. The third-order valence-corrected chi connectivity index (χ3v) is 3.44. The number of nitrogens with zero attached hydrogens (tertiary/aromatic N) is 2. The lowest BCUT2D eigenvalue weighted by Gasteiger charge is -2.25. The van der Waals surface area contributed by atoms with Crippen LogP contribution in [-0.2, 0) is 4.79 Å². The molecule has 98 valence electrons. The van der Waals surface area contributed by atoms with Crippen LogP contribution in [0.15, 0.2) is 24.3 Å². The van der Waals surface area contributed by atoms with Crippen LogP contribution in [0.5, 0.6) is 5.75 Å². The minimum absolute atomic E-state index is 0.224. The van der Waals surface area contributed by atoms with Crippen molar-refractivity contribution in [2.45, 2.75) is 13.0 Å². The molecule has 7 heteroatoms. The van der Waals surface area contributed by atoms with Gasteiger partial charge in [-0.3, -0.25) is 10.1 Å². The molecule has 2 aromatic rings. The Balaban J connectivity index is 1.69. The predicted molar refractivity (Wildman–Crippen MR) is 72.6 cm³/mol. The normalized spacial score (nSPS) is 17.0. The van der Waals surface area contributed by atoms with Crippen molar-refractivity contribution in [2.75, 3.05) is 17.2 Å². The monoisotopic (exact) mass is 276 g/mol. The number of benzene rings is 1. The van der Waals surface area contributed by atoms with Gasteiger partial charge in [-0.15, -0.1) is 10.2 Å². The van der Waals surface area contributed by atoms with E-state index >= 15 is 0 Å². The SMILES string of the molecule is Cc1nnc(NC(=O)C2CNc3ccccc3O2)s1. The average Bonchev–Trinajstić information content (AvgIpc) is 2.83. The molecule has 0 radical (unpaired) electrons. The van der Waals surface area contributed by atoms with Crippen molar-refractivity contribution < 1.29 is 9.53 Å². The first-order chi connectivity index (χ1) is 9.22. The number of hydrogen-bond acceptors (Lipinski definition) is 6. The molecule has 1 aliphatic rings. The van der Waals surface area contributed by atoms with E-state index in [9.17, 15) is 4.79 Å². The van der Waals surface area contributed by atoms with E-state index in [0.29, 0.717) is 17.4 Å². The summed E-state index contributed by atoms with van der Waals surface area (Å²) in [6.07, 6.45) is -0.570. The Kier molecular flexibility index (Phi) is 3.04. The summed E-state index contributed by atoms with van der Waals surface area (Å²) in [6.45, 7) is 2.27. The maximum atomic E-state index is 12.0. The Bertz CT molecular complexity index is 613. The molecule has 0 aliphatic carbocycles. The lowest BCUT2D eigenvalue weighted by molar-refractivity contribution is -0.122. The maximum absolute atomic E-state index is 12.0. The van der Waals surface area contributed by atoms with Gasteiger partial charge < -0.3 is 10.1 Å². The third-order valence-electron chi connectivity index (χ3n) is 2.68. The van der Waals surface area contributed by atoms with Crippen LogP contribution in [0.4, 0.5) is 10.8 Å². The van der Waals surface area contributed by atoms with Crippen LogP contribution in [0.1, 0.15) is 5.01 Å². The van der Waals surface area contributed by atoms with Gasteiger partial charge in [0.05, 0.1) is 12.2 Å². The number of anilines is 2. The number of carbonyl (C=O) groups is 1. The van der Waals surface area contributed by atoms with Crippen molar-refractivity contribution >= 4 is 28.1 Å². The van der Waals surface area contributed by atoms with Crippen molar-refractivity contribution in [3.05, 3.63) is 29.3 Å². The molecule has 0 bridgehead atoms. The largest absolute Gasteiger partial charge is 0.477 e. The predicted octanol–water partition coefficient (Wildman–Crippen LogP) is 1.66. The van der Waals surface area contributed by atoms with E-state index in [1.54, 1.807) is 0 Å². The van der Waals surface area contributed by atoms with Gasteiger partial charge in [-0.25, -0.2) is 0 Å². The van der Waals surface area contributed by atoms with Crippen molar-refractivity contribution in [2.24, 2.45) is 0 Å². The van der Waals surface area contributed by atoms with Gasteiger partial charge in [0.1, 0.15) is 10.8 Å². The molecule has 2 heterocycles. The van der Waals surface area contributed by atoms with E-state index in [-0.39, 0.29) is 5.91 Å². The average molecular weight is 276 g/mol. The molecule has 19 heavy (non-hydrogen) atoms. The van der Waals surface area contributed by atoms with E-state index in [1.807, 2.05) is 31.2 Å². The second kappa shape index (κ2) is 4.85. The summed E-state index contributed by atoms with van der Waals surface area (Å²) in [7, 11) is 0. The summed E-state index contributed by atoms with van der Waals surface area (Å²) >= 11 is 1.34. The summed E-state index contributed by atoms with van der Waals surface area (Å²) in [5.74, 6) is 0.459. The summed E-state index contributed by atoms with van der Waals surface area (Å²) in [4.78, 5) is 12.0. The molecule has 0 saturated heterocycles. The Morgan fingerprint density at radius 1 is 1.47 bits per heavy atom. The second-order valence-corrected chi connectivity index (χ2v) is 5.28. The minimum atomic E-state index is -0.570. The number of hydrogen-bond donors (Lipinski definition) is 2. The Morgan fingerprint density at radius 2 is 2.32 bits per heavy atom. The molecule has 1 atom stereocenters. The van der Waals surface area contributed by atoms with Gasteiger partial charge in [0.2, 0.25) is 5.13 Å². The number of rotatable bonds is 2. The van der Waals surface area contributed by atoms with E-state index < -0.39 is 6.10 Å². The van der Waals surface area contributed by atoms with Gasteiger partial charge in [0.15, 0.2) is 6.10 Å². The number of ether oxygens (including phenoxy) is 1. The molecule has 1 aromatic heterocycles. The fourth-order valence-electron chi connectivity index (χ4n) is 1.79. The summed E-state index contributed by atoms with van der Waals surface area (Å²) < 4.78 is 5.65. The highest BCUT2D eigenvalue weighted by atomic mass is 32.1. The fourth-order valence-corrected chi connectivity index (χ4v) is 2.39. The topological polar surface area (TPSA) is 76.1 Å². The fraction of sp³-hybridized carbons (Fsp3) is 0.250. The molecule has 1 amide bonds. The molecule has 1 aliphatic heterocycles. The molecule has 0 saturated carbocycles. The van der Waals surface area contributed by atoms with Crippen molar-refractivity contribution in [1.82, 2.24) is 10.2 Å². The zero-order valence-electron chi connectivity index (χ0n) is 10.2. The van der Waals surface area contributed by atoms with E-state index in [0.717, 1.165) is 10.7 Å². The van der Waals surface area contributed by atoms with Crippen LogP contribution in [0.2, 0.25) is 0 Å². The second-order valence-electron chi connectivity index (χ2n) is 4.10. The smallest absolute Gasteiger partial charge is 0.269 e. The number of para-hydroxylation sites is 2. The Hall–Kier alpha value is -2.15. The number of amides is 1. The van der Waals surface area contributed by atoms with Crippen LogP contribution in [0.25, 0.3) is 0 Å². The number of carbonyl (C=O) groups excluding carboxylic acids is 1. The number of nitrogens with one attached hydrogen (secondary N) is 2. The maximum Gasteiger partial charge on any atom is 0.269 e. The van der Waals surface area contributed by atoms with Crippen LogP contribution < -0.4 is 15.4 Å². The van der Waals surface area contributed by atoms with Crippen molar-refractivity contribution in [3.63, 3.8) is 0 Å². The standard InChI is InChI=1S/C12H12N4O2S/c1-7-15-16-12(19-7)14-11(17)10-6-13-8-4-2-3-5-9(8)18-10/h2-5,10,13H,6H2,1H3,(H,14,16,17). The molecule has 2 N–H and O–H groups in total. The zero-order valence-corrected chi connectivity index (χ0v) is 11.0. The molecular formula is C12H12N4O2S. The van der Waals surface area contributed by atoms with Crippen molar-refractivity contribution in [3.8, 4) is 5.75 Å². The van der Waals surface area contributed by atoms with E-state index in [1.165, 1.54) is 11.3 Å². The van der Waals surface area contributed by atoms with Crippen molar-refractivity contribution in [1.29, 1.82) is 0 Å². The molecule has 3 rings (SSSR count). The Morgan fingerprint density at radius 3 is 3.11 bits per heavy atom. The molecule has 1 unspecified atom stereocenters. The molecular weight excluding hydrogens is 264 g/mol. The number of fused-ring (bicyclic) bond motifs is 1. The van der Waals surface area contributed by atoms with Crippen LogP contribution in [0, 0.1) is 6.92 Å². The molecule has 1 aromatic carbocycles. The van der Waals surface area contributed by atoms with E-state index in [2.05, 4.69) is 20.8 Å². The summed E-state index contributed by atoms with van der Waals surface area (Å²) in [5, 5.41) is 14.9. The van der Waals surface area contributed by atoms with Gasteiger partial charge in [0, 0.05) is 0 Å². The van der Waals surface area contributed by atoms with Gasteiger partial charge in [0.25, 0.3) is 5.91 Å².